The Hall–Kier alpha value is -3.22. The lowest BCUT2D eigenvalue weighted by atomic mass is 10.2. The lowest BCUT2D eigenvalue weighted by Crippen LogP contribution is -2.31. The number of carbonyl (C=O) groups excluding carboxylic acids is 2. The molecule has 1 aromatic heterocycles. The van der Waals surface area contributed by atoms with Crippen molar-refractivity contribution >= 4 is 18.0 Å². The van der Waals surface area contributed by atoms with E-state index in [1.165, 1.54) is 13.4 Å². The summed E-state index contributed by atoms with van der Waals surface area (Å²) >= 11 is 0. The maximum Gasteiger partial charge on any atom is 0.344 e. The normalized spacial score (nSPS) is 11.8. The zero-order valence-electron chi connectivity index (χ0n) is 15.6. The lowest BCUT2D eigenvalue weighted by Gasteiger charge is -2.13. The van der Waals surface area contributed by atoms with Crippen molar-refractivity contribution in [1.29, 1.82) is 0 Å². The molecular weight excluding hydrogens is 350 g/mol. The summed E-state index contributed by atoms with van der Waals surface area (Å²) in [6.07, 6.45) is 5.35. The molecule has 0 unspecified atom stereocenters. The summed E-state index contributed by atoms with van der Waals surface area (Å²) in [5.74, 6) is 0.449. The molecule has 0 radical (unpaired) electrons. The molecule has 1 heterocycles. The number of nitrogens with one attached hydrogen (secondary N) is 1. The molecule has 0 aliphatic heterocycles. The van der Waals surface area contributed by atoms with Gasteiger partial charge in [0.25, 0.3) is 5.91 Å². The van der Waals surface area contributed by atoms with Crippen molar-refractivity contribution in [2.45, 2.75) is 19.9 Å². The Balaban J connectivity index is 1.78. The molecule has 1 amide bonds. The van der Waals surface area contributed by atoms with Gasteiger partial charge in [0.1, 0.15) is 5.76 Å². The second-order valence-electron chi connectivity index (χ2n) is 5.66. The first-order valence-electron chi connectivity index (χ1n) is 8.45. The summed E-state index contributed by atoms with van der Waals surface area (Å²) in [4.78, 5) is 23.6. The van der Waals surface area contributed by atoms with Crippen molar-refractivity contribution in [2.24, 2.45) is 0 Å². The molecule has 27 heavy (non-hydrogen) atoms. The number of furan rings is 1. The molecule has 0 saturated heterocycles. The van der Waals surface area contributed by atoms with Gasteiger partial charge in [0.15, 0.2) is 24.7 Å². The molecule has 0 bridgehead atoms. The predicted octanol–water partition coefficient (Wildman–Crippen LogP) is 3.12. The highest BCUT2D eigenvalue weighted by Crippen LogP contribution is 2.28. The van der Waals surface area contributed by atoms with Crippen molar-refractivity contribution in [1.82, 2.24) is 5.32 Å². The highest BCUT2D eigenvalue weighted by atomic mass is 16.6. The van der Waals surface area contributed by atoms with E-state index < -0.39 is 18.5 Å². The van der Waals surface area contributed by atoms with Gasteiger partial charge in [0.2, 0.25) is 0 Å². The fourth-order valence-electron chi connectivity index (χ4n) is 2.32. The maximum atomic E-state index is 11.8. The van der Waals surface area contributed by atoms with E-state index in [0.29, 0.717) is 17.3 Å². The number of allylic oxidation sites excluding steroid dienone is 1. The number of ether oxygens (including phenoxy) is 3. The first-order valence-corrected chi connectivity index (χ1v) is 8.45. The highest BCUT2D eigenvalue weighted by molar-refractivity contribution is 5.81. The summed E-state index contributed by atoms with van der Waals surface area (Å²) in [5, 5.41) is 2.67. The molecular formula is C20H23NO6. The van der Waals surface area contributed by atoms with Crippen LogP contribution in [-0.2, 0) is 14.3 Å². The lowest BCUT2D eigenvalue weighted by molar-refractivity contribution is -0.150. The third-order valence-corrected chi connectivity index (χ3v) is 3.60. The van der Waals surface area contributed by atoms with Crippen molar-refractivity contribution in [3.8, 4) is 11.5 Å². The van der Waals surface area contributed by atoms with E-state index in [-0.39, 0.29) is 12.6 Å². The van der Waals surface area contributed by atoms with E-state index in [4.69, 9.17) is 18.6 Å². The van der Waals surface area contributed by atoms with E-state index in [1.807, 2.05) is 25.1 Å². The Kier molecular flexibility index (Phi) is 7.49. The molecule has 0 aliphatic rings. The van der Waals surface area contributed by atoms with Gasteiger partial charge in [-0.2, -0.15) is 0 Å². The number of hydrogen-bond donors (Lipinski definition) is 1. The molecule has 144 valence electrons. The molecule has 7 heteroatoms. The topological polar surface area (TPSA) is 87.0 Å². The quantitative estimate of drug-likeness (QED) is 0.680. The van der Waals surface area contributed by atoms with Crippen LogP contribution >= 0.6 is 0 Å². The van der Waals surface area contributed by atoms with Crippen LogP contribution in [0, 0.1) is 0 Å². The first kappa shape index (κ1) is 20.1. The van der Waals surface area contributed by atoms with Crippen LogP contribution in [0.3, 0.4) is 0 Å². The minimum atomic E-state index is -0.657. The summed E-state index contributed by atoms with van der Waals surface area (Å²) in [5.41, 5.74) is 0.951. The standard InChI is InChI=1S/C20H23NO6/c1-4-6-15-8-9-17(18(11-15)24-3)26-13-20(23)27-12-19(22)21-14(2)16-7-5-10-25-16/h4-11,14H,12-13H2,1-3H3,(H,21,22)/b6-4+/t14-/m1/s1. The van der Waals surface area contributed by atoms with E-state index in [2.05, 4.69) is 5.32 Å². The van der Waals surface area contributed by atoms with E-state index in [9.17, 15) is 9.59 Å². The van der Waals surface area contributed by atoms with Crippen molar-refractivity contribution < 1.29 is 28.2 Å². The van der Waals surface area contributed by atoms with Gasteiger partial charge in [-0.15, -0.1) is 0 Å². The number of hydrogen-bond acceptors (Lipinski definition) is 6. The van der Waals surface area contributed by atoms with Crippen LogP contribution in [-0.4, -0.2) is 32.2 Å². The first-order chi connectivity index (χ1) is 13.0. The van der Waals surface area contributed by atoms with Crippen LogP contribution in [0.1, 0.15) is 31.2 Å². The second kappa shape index (κ2) is 10.1. The molecule has 1 aromatic carbocycles. The molecule has 1 atom stereocenters. The zero-order valence-corrected chi connectivity index (χ0v) is 15.6. The molecule has 0 fully saturated rings. The number of esters is 1. The third kappa shape index (κ3) is 6.22. The van der Waals surface area contributed by atoms with Crippen LogP contribution in [0.4, 0.5) is 0 Å². The minimum absolute atomic E-state index is 0.317. The Morgan fingerprint density at radius 2 is 2.04 bits per heavy atom. The predicted molar refractivity (Wildman–Crippen MR) is 99.4 cm³/mol. The average molecular weight is 373 g/mol. The third-order valence-electron chi connectivity index (χ3n) is 3.60. The van der Waals surface area contributed by atoms with Gasteiger partial charge in [-0.25, -0.2) is 4.79 Å². The van der Waals surface area contributed by atoms with Gasteiger partial charge in [0.05, 0.1) is 19.4 Å². The average Bonchev–Trinajstić information content (AvgIpc) is 3.20. The highest BCUT2D eigenvalue weighted by Gasteiger charge is 2.14. The summed E-state index contributed by atoms with van der Waals surface area (Å²) in [6, 6.07) is 8.51. The number of benzene rings is 1. The Morgan fingerprint density at radius 3 is 2.70 bits per heavy atom. The van der Waals surface area contributed by atoms with Gasteiger partial charge in [0, 0.05) is 0 Å². The molecule has 1 N–H and O–H groups in total. The molecule has 2 aromatic rings. The van der Waals surface area contributed by atoms with E-state index >= 15 is 0 Å². The molecule has 0 aliphatic carbocycles. The van der Waals surface area contributed by atoms with Crippen molar-refractivity contribution in [3.05, 3.63) is 54.0 Å². The second-order valence-corrected chi connectivity index (χ2v) is 5.66. The van der Waals surface area contributed by atoms with Gasteiger partial charge < -0.3 is 23.9 Å². The largest absolute Gasteiger partial charge is 0.493 e. The minimum Gasteiger partial charge on any atom is -0.493 e. The van der Waals surface area contributed by atoms with Crippen LogP contribution in [0.25, 0.3) is 6.08 Å². The summed E-state index contributed by atoms with van der Waals surface area (Å²) in [7, 11) is 1.52. The number of carbonyl (C=O) groups is 2. The maximum absolute atomic E-state index is 11.8. The summed E-state index contributed by atoms with van der Waals surface area (Å²) in [6.45, 7) is 2.95. The zero-order chi connectivity index (χ0) is 19.6. The van der Waals surface area contributed by atoms with Crippen LogP contribution in [0.15, 0.2) is 47.1 Å². The summed E-state index contributed by atoms with van der Waals surface area (Å²) < 4.78 is 20.8. The Labute approximate surface area is 157 Å². The van der Waals surface area contributed by atoms with Gasteiger partial charge in [-0.3, -0.25) is 4.79 Å². The number of rotatable bonds is 9. The molecule has 2 rings (SSSR count). The van der Waals surface area contributed by atoms with Crippen LogP contribution in [0.5, 0.6) is 11.5 Å². The molecule has 0 saturated carbocycles. The Bertz CT molecular complexity index is 782. The SMILES string of the molecule is C/C=C/c1ccc(OCC(=O)OCC(=O)N[C@H](C)c2ccco2)c(OC)c1. The monoisotopic (exact) mass is 373 g/mol. The van der Waals surface area contributed by atoms with Crippen molar-refractivity contribution in [2.75, 3.05) is 20.3 Å². The fraction of sp³-hybridized carbons (Fsp3) is 0.300. The number of methoxy groups -OCH3 is 1. The number of amides is 1. The van der Waals surface area contributed by atoms with Crippen molar-refractivity contribution in [3.63, 3.8) is 0 Å². The van der Waals surface area contributed by atoms with E-state index in [1.54, 1.807) is 31.2 Å². The Morgan fingerprint density at radius 1 is 1.22 bits per heavy atom. The molecule has 7 nitrogen and oxygen atoms in total. The van der Waals surface area contributed by atoms with Gasteiger partial charge >= 0.3 is 5.97 Å². The van der Waals surface area contributed by atoms with E-state index in [0.717, 1.165) is 5.56 Å². The van der Waals surface area contributed by atoms with Crippen LogP contribution in [0.2, 0.25) is 0 Å². The van der Waals surface area contributed by atoms with Gasteiger partial charge in [-0.1, -0.05) is 18.2 Å². The molecule has 0 spiro atoms. The smallest absolute Gasteiger partial charge is 0.344 e. The van der Waals surface area contributed by atoms with Crippen LogP contribution < -0.4 is 14.8 Å². The fourth-order valence-corrected chi connectivity index (χ4v) is 2.32. The van der Waals surface area contributed by atoms with Gasteiger partial charge in [-0.05, 0) is 43.7 Å².